The lowest BCUT2D eigenvalue weighted by Crippen LogP contribution is -2.34. The third kappa shape index (κ3) is 3.79. The normalized spacial score (nSPS) is 24.8. The average Bonchev–Trinajstić information content (AvgIpc) is 2.37. The molecule has 94 valence electrons. The molecule has 1 N–H and O–H groups in total. The van der Waals surface area contributed by atoms with Gasteiger partial charge in [0.25, 0.3) is 0 Å². The first kappa shape index (κ1) is 12.5. The largest absolute Gasteiger partial charge is 0.381 e. The Morgan fingerprint density at radius 3 is 2.71 bits per heavy atom. The Bertz CT molecular complexity index is 348. The molecule has 0 heterocycles. The van der Waals surface area contributed by atoms with E-state index in [0.717, 1.165) is 37.8 Å². The van der Waals surface area contributed by atoms with Crippen molar-refractivity contribution in [2.24, 2.45) is 0 Å². The maximum Gasteiger partial charge on any atom is 0.123 e. The zero-order valence-corrected chi connectivity index (χ0v) is 10.3. The summed E-state index contributed by atoms with van der Waals surface area (Å²) in [6.45, 7) is 0.750. The fourth-order valence-corrected chi connectivity index (χ4v) is 2.41. The highest BCUT2D eigenvalue weighted by Crippen LogP contribution is 2.20. The highest BCUT2D eigenvalue weighted by atomic mass is 19.1. The summed E-state index contributed by atoms with van der Waals surface area (Å²) >= 11 is 0. The number of hydrogen-bond donors (Lipinski definition) is 1. The smallest absolute Gasteiger partial charge is 0.123 e. The maximum atomic E-state index is 13.0. The van der Waals surface area contributed by atoms with E-state index in [1.165, 1.54) is 6.07 Å². The lowest BCUT2D eigenvalue weighted by Gasteiger charge is -2.28. The van der Waals surface area contributed by atoms with E-state index in [0.29, 0.717) is 12.1 Å². The minimum atomic E-state index is -0.160. The fourth-order valence-electron chi connectivity index (χ4n) is 2.41. The highest BCUT2D eigenvalue weighted by molar-refractivity contribution is 5.16. The molecule has 0 bridgehead atoms. The molecular weight excluding hydrogens is 217 g/mol. The van der Waals surface area contributed by atoms with Gasteiger partial charge < -0.3 is 10.1 Å². The molecule has 0 amide bonds. The molecule has 1 fully saturated rings. The van der Waals surface area contributed by atoms with Crippen LogP contribution in [0.2, 0.25) is 0 Å². The summed E-state index contributed by atoms with van der Waals surface area (Å²) in [5.41, 5.74) is 1.01. The standard InChI is InChI=1S/C14H20FNO/c1-17-14-7-5-13(6-8-14)16-10-11-3-2-4-12(15)9-11/h2-4,9,13-14,16H,5-8,10H2,1H3. The molecule has 0 spiro atoms. The van der Waals surface area contributed by atoms with Gasteiger partial charge in [0.15, 0.2) is 0 Å². The molecule has 0 aliphatic heterocycles. The van der Waals surface area contributed by atoms with Crippen molar-refractivity contribution in [3.63, 3.8) is 0 Å². The zero-order chi connectivity index (χ0) is 12.1. The third-order valence-electron chi connectivity index (χ3n) is 3.49. The molecule has 3 heteroatoms. The molecule has 0 aromatic heterocycles. The highest BCUT2D eigenvalue weighted by Gasteiger charge is 2.20. The Balaban J connectivity index is 1.76. The molecule has 0 saturated heterocycles. The lowest BCUT2D eigenvalue weighted by atomic mass is 9.93. The predicted molar refractivity (Wildman–Crippen MR) is 66.3 cm³/mol. The van der Waals surface area contributed by atoms with E-state index in [1.54, 1.807) is 19.2 Å². The van der Waals surface area contributed by atoms with Crippen LogP contribution in [0.1, 0.15) is 31.2 Å². The van der Waals surface area contributed by atoms with Crippen molar-refractivity contribution in [2.75, 3.05) is 7.11 Å². The van der Waals surface area contributed by atoms with Gasteiger partial charge in [-0.3, -0.25) is 0 Å². The van der Waals surface area contributed by atoms with Crippen LogP contribution in [0.3, 0.4) is 0 Å². The Hall–Kier alpha value is -0.930. The van der Waals surface area contributed by atoms with Crippen LogP contribution in [-0.2, 0) is 11.3 Å². The molecule has 1 aromatic carbocycles. The zero-order valence-electron chi connectivity index (χ0n) is 10.3. The van der Waals surface area contributed by atoms with Gasteiger partial charge in [-0.15, -0.1) is 0 Å². The molecule has 1 aliphatic rings. The van der Waals surface area contributed by atoms with E-state index < -0.39 is 0 Å². The van der Waals surface area contributed by atoms with Gasteiger partial charge in [0.05, 0.1) is 6.10 Å². The van der Waals surface area contributed by atoms with Crippen molar-refractivity contribution < 1.29 is 9.13 Å². The molecule has 1 aliphatic carbocycles. The summed E-state index contributed by atoms with van der Waals surface area (Å²) in [7, 11) is 1.78. The fraction of sp³-hybridized carbons (Fsp3) is 0.571. The molecule has 0 radical (unpaired) electrons. The molecule has 17 heavy (non-hydrogen) atoms. The van der Waals surface area contributed by atoms with Crippen LogP contribution in [0, 0.1) is 5.82 Å². The second-order valence-corrected chi connectivity index (χ2v) is 4.72. The van der Waals surface area contributed by atoms with Gasteiger partial charge in [-0.2, -0.15) is 0 Å². The molecular formula is C14H20FNO. The average molecular weight is 237 g/mol. The van der Waals surface area contributed by atoms with Gasteiger partial charge in [-0.1, -0.05) is 12.1 Å². The minimum Gasteiger partial charge on any atom is -0.381 e. The Labute approximate surface area is 102 Å². The summed E-state index contributed by atoms with van der Waals surface area (Å²) in [4.78, 5) is 0. The summed E-state index contributed by atoms with van der Waals surface area (Å²) in [5.74, 6) is -0.160. The first-order valence-electron chi connectivity index (χ1n) is 6.28. The van der Waals surface area contributed by atoms with Crippen molar-refractivity contribution in [1.29, 1.82) is 0 Å². The number of benzene rings is 1. The molecule has 2 rings (SSSR count). The number of rotatable bonds is 4. The Kier molecular flexibility index (Phi) is 4.51. The monoisotopic (exact) mass is 237 g/mol. The van der Waals surface area contributed by atoms with Crippen molar-refractivity contribution >= 4 is 0 Å². The quantitative estimate of drug-likeness (QED) is 0.869. The van der Waals surface area contributed by atoms with Crippen LogP contribution < -0.4 is 5.32 Å². The van der Waals surface area contributed by atoms with E-state index in [2.05, 4.69) is 5.32 Å². The van der Waals surface area contributed by atoms with Gasteiger partial charge >= 0.3 is 0 Å². The predicted octanol–water partition coefficient (Wildman–Crippen LogP) is 2.87. The van der Waals surface area contributed by atoms with Crippen LogP contribution in [0.15, 0.2) is 24.3 Å². The second kappa shape index (κ2) is 6.12. The van der Waals surface area contributed by atoms with Crippen molar-refractivity contribution in [3.8, 4) is 0 Å². The van der Waals surface area contributed by atoms with Gasteiger partial charge in [-0.25, -0.2) is 4.39 Å². The van der Waals surface area contributed by atoms with Crippen LogP contribution in [0.5, 0.6) is 0 Å². The summed E-state index contributed by atoms with van der Waals surface area (Å²) in [6.07, 6.45) is 4.97. The van der Waals surface area contributed by atoms with Gasteiger partial charge in [0.2, 0.25) is 0 Å². The van der Waals surface area contributed by atoms with Crippen molar-refractivity contribution in [2.45, 2.75) is 44.4 Å². The number of methoxy groups -OCH3 is 1. The maximum absolute atomic E-state index is 13.0. The van der Waals surface area contributed by atoms with E-state index in [4.69, 9.17) is 4.74 Å². The third-order valence-corrected chi connectivity index (χ3v) is 3.49. The molecule has 1 saturated carbocycles. The van der Waals surface area contributed by atoms with E-state index >= 15 is 0 Å². The van der Waals surface area contributed by atoms with Crippen LogP contribution in [0.25, 0.3) is 0 Å². The van der Waals surface area contributed by atoms with E-state index in [-0.39, 0.29) is 5.82 Å². The second-order valence-electron chi connectivity index (χ2n) is 4.72. The van der Waals surface area contributed by atoms with Gasteiger partial charge in [-0.05, 0) is 43.4 Å². The first-order valence-corrected chi connectivity index (χ1v) is 6.28. The van der Waals surface area contributed by atoms with Crippen LogP contribution in [0.4, 0.5) is 4.39 Å². The number of ether oxygens (including phenoxy) is 1. The molecule has 2 nitrogen and oxygen atoms in total. The molecule has 0 atom stereocenters. The summed E-state index contributed by atoms with van der Waals surface area (Å²) in [5, 5.41) is 3.49. The summed E-state index contributed by atoms with van der Waals surface area (Å²) in [6, 6.07) is 7.33. The Morgan fingerprint density at radius 2 is 2.06 bits per heavy atom. The van der Waals surface area contributed by atoms with E-state index in [9.17, 15) is 4.39 Å². The lowest BCUT2D eigenvalue weighted by molar-refractivity contribution is 0.0624. The minimum absolute atomic E-state index is 0.160. The van der Waals surface area contributed by atoms with Crippen LogP contribution >= 0.6 is 0 Å². The van der Waals surface area contributed by atoms with Gasteiger partial charge in [0, 0.05) is 19.7 Å². The van der Waals surface area contributed by atoms with Crippen molar-refractivity contribution in [3.05, 3.63) is 35.6 Å². The summed E-state index contributed by atoms with van der Waals surface area (Å²) < 4.78 is 18.3. The SMILES string of the molecule is COC1CCC(NCc2cccc(F)c2)CC1. The molecule has 1 aromatic rings. The van der Waals surface area contributed by atoms with Gasteiger partial charge in [0.1, 0.15) is 5.82 Å². The number of nitrogens with one attached hydrogen (secondary N) is 1. The Morgan fingerprint density at radius 1 is 1.29 bits per heavy atom. The number of halogens is 1. The topological polar surface area (TPSA) is 21.3 Å². The van der Waals surface area contributed by atoms with Crippen LogP contribution in [-0.4, -0.2) is 19.3 Å². The molecule has 0 unspecified atom stereocenters. The number of hydrogen-bond acceptors (Lipinski definition) is 2. The first-order chi connectivity index (χ1) is 8.28. The van der Waals surface area contributed by atoms with E-state index in [1.807, 2.05) is 6.07 Å². The van der Waals surface area contributed by atoms with Crippen molar-refractivity contribution in [1.82, 2.24) is 5.32 Å².